The van der Waals surface area contributed by atoms with Crippen molar-refractivity contribution in [3.63, 3.8) is 0 Å². The highest BCUT2D eigenvalue weighted by molar-refractivity contribution is 5.62. The summed E-state index contributed by atoms with van der Waals surface area (Å²) in [7, 11) is 0. The number of nitro groups is 1. The molecule has 2 unspecified atom stereocenters. The van der Waals surface area contributed by atoms with Crippen LogP contribution >= 0.6 is 0 Å². The summed E-state index contributed by atoms with van der Waals surface area (Å²) in [6.07, 6.45) is 4.49. The number of nitro benzene ring substituents is 1. The van der Waals surface area contributed by atoms with E-state index >= 15 is 0 Å². The molecule has 110 valence electrons. The van der Waals surface area contributed by atoms with Gasteiger partial charge in [0.2, 0.25) is 0 Å². The smallest absolute Gasteiger partial charge is 0.292 e. The fourth-order valence-electron chi connectivity index (χ4n) is 2.98. The summed E-state index contributed by atoms with van der Waals surface area (Å²) in [4.78, 5) is 10.7. The Kier molecular flexibility index (Phi) is 4.95. The standard InChI is InChI=1S/C15H22N2O3/c1-11-6-7-14(15(8-11)17(19)20)16-9-12-4-2-3-5-13(12)10-18/h6-8,12-13,16,18H,2-5,9-10H2,1H3. The Bertz CT molecular complexity index is 476. The molecule has 2 atom stereocenters. The molecule has 2 rings (SSSR count). The van der Waals surface area contributed by atoms with Gasteiger partial charge in [-0.25, -0.2) is 0 Å². The molecule has 1 aliphatic carbocycles. The number of rotatable bonds is 5. The number of hydrogen-bond donors (Lipinski definition) is 2. The van der Waals surface area contributed by atoms with Crippen molar-refractivity contribution in [2.24, 2.45) is 11.8 Å². The molecule has 5 nitrogen and oxygen atoms in total. The van der Waals surface area contributed by atoms with Crippen LogP contribution < -0.4 is 5.32 Å². The van der Waals surface area contributed by atoms with Gasteiger partial charge in [0.15, 0.2) is 0 Å². The maximum Gasteiger partial charge on any atom is 0.292 e. The van der Waals surface area contributed by atoms with Gasteiger partial charge in [-0.15, -0.1) is 0 Å². The molecule has 0 saturated heterocycles. The van der Waals surface area contributed by atoms with Crippen molar-refractivity contribution in [2.75, 3.05) is 18.5 Å². The van der Waals surface area contributed by atoms with Crippen molar-refractivity contribution in [3.8, 4) is 0 Å². The van der Waals surface area contributed by atoms with E-state index in [1.54, 1.807) is 12.1 Å². The van der Waals surface area contributed by atoms with Crippen molar-refractivity contribution < 1.29 is 10.0 Å². The average Bonchev–Trinajstić information content (AvgIpc) is 2.46. The Labute approximate surface area is 119 Å². The summed E-state index contributed by atoms with van der Waals surface area (Å²) in [6.45, 7) is 2.75. The van der Waals surface area contributed by atoms with E-state index < -0.39 is 0 Å². The highest BCUT2D eigenvalue weighted by atomic mass is 16.6. The molecular formula is C15H22N2O3. The van der Waals surface area contributed by atoms with Gasteiger partial charge in [0.1, 0.15) is 5.69 Å². The van der Waals surface area contributed by atoms with Crippen molar-refractivity contribution in [1.29, 1.82) is 0 Å². The quantitative estimate of drug-likeness (QED) is 0.641. The maximum absolute atomic E-state index is 11.1. The first-order chi connectivity index (χ1) is 9.61. The summed E-state index contributed by atoms with van der Waals surface area (Å²) < 4.78 is 0. The molecule has 0 spiro atoms. The number of aryl methyl sites for hydroxylation is 1. The third-order valence-electron chi connectivity index (χ3n) is 4.21. The largest absolute Gasteiger partial charge is 0.396 e. The van der Waals surface area contributed by atoms with Crippen LogP contribution in [0.2, 0.25) is 0 Å². The SMILES string of the molecule is Cc1ccc(NCC2CCCCC2CO)c([N+](=O)[O-])c1. The van der Waals surface area contributed by atoms with Gasteiger partial charge in [-0.2, -0.15) is 0 Å². The Hall–Kier alpha value is -1.62. The number of aliphatic hydroxyl groups excluding tert-OH is 1. The van der Waals surface area contributed by atoms with Crippen molar-refractivity contribution in [1.82, 2.24) is 0 Å². The Morgan fingerprint density at radius 3 is 2.70 bits per heavy atom. The lowest BCUT2D eigenvalue weighted by Gasteiger charge is -2.30. The molecule has 1 saturated carbocycles. The summed E-state index contributed by atoms with van der Waals surface area (Å²) in [5.74, 6) is 0.718. The zero-order chi connectivity index (χ0) is 14.5. The lowest BCUT2D eigenvalue weighted by Crippen LogP contribution is -2.28. The van der Waals surface area contributed by atoms with E-state index in [0.717, 1.165) is 18.4 Å². The first kappa shape index (κ1) is 14.8. The topological polar surface area (TPSA) is 75.4 Å². The molecule has 0 radical (unpaired) electrons. The lowest BCUT2D eigenvalue weighted by molar-refractivity contribution is -0.384. The molecule has 2 N–H and O–H groups in total. The number of hydrogen-bond acceptors (Lipinski definition) is 4. The van der Waals surface area contributed by atoms with Crippen LogP contribution in [0.25, 0.3) is 0 Å². The molecule has 5 heteroatoms. The van der Waals surface area contributed by atoms with Crippen LogP contribution in [0.4, 0.5) is 11.4 Å². The minimum Gasteiger partial charge on any atom is -0.396 e. The first-order valence-electron chi connectivity index (χ1n) is 7.21. The molecule has 0 aromatic heterocycles. The number of nitrogens with zero attached hydrogens (tertiary/aromatic N) is 1. The fourth-order valence-corrected chi connectivity index (χ4v) is 2.98. The second-order valence-electron chi connectivity index (χ2n) is 5.65. The van der Waals surface area contributed by atoms with Crippen molar-refractivity contribution >= 4 is 11.4 Å². The summed E-state index contributed by atoms with van der Waals surface area (Å²) in [6, 6.07) is 5.23. The Morgan fingerprint density at radius 2 is 2.05 bits per heavy atom. The second-order valence-corrected chi connectivity index (χ2v) is 5.65. The minimum absolute atomic E-state index is 0.126. The predicted molar refractivity (Wildman–Crippen MR) is 78.9 cm³/mol. The number of aliphatic hydroxyl groups is 1. The summed E-state index contributed by atoms with van der Waals surface area (Å²) in [5, 5.41) is 23.7. The lowest BCUT2D eigenvalue weighted by atomic mass is 9.79. The molecule has 1 fully saturated rings. The van der Waals surface area contributed by atoms with E-state index in [0.29, 0.717) is 24.1 Å². The van der Waals surface area contributed by atoms with Crippen LogP contribution in [0.3, 0.4) is 0 Å². The molecule has 0 aliphatic heterocycles. The number of benzene rings is 1. The van der Waals surface area contributed by atoms with Crippen molar-refractivity contribution in [2.45, 2.75) is 32.6 Å². The van der Waals surface area contributed by atoms with Gasteiger partial charge < -0.3 is 10.4 Å². The van der Waals surface area contributed by atoms with Gasteiger partial charge in [-0.05, 0) is 43.2 Å². The van der Waals surface area contributed by atoms with Crippen LogP contribution in [0.15, 0.2) is 18.2 Å². The first-order valence-corrected chi connectivity index (χ1v) is 7.21. The van der Waals surface area contributed by atoms with Crippen LogP contribution in [-0.2, 0) is 0 Å². The van der Waals surface area contributed by atoms with E-state index in [-0.39, 0.29) is 17.2 Å². The van der Waals surface area contributed by atoms with Gasteiger partial charge in [0.05, 0.1) is 4.92 Å². The minimum atomic E-state index is -0.347. The fraction of sp³-hybridized carbons (Fsp3) is 0.600. The van der Waals surface area contributed by atoms with Crippen LogP contribution in [0.1, 0.15) is 31.2 Å². The van der Waals surface area contributed by atoms with Crippen LogP contribution in [-0.4, -0.2) is 23.2 Å². The van der Waals surface area contributed by atoms with E-state index in [9.17, 15) is 15.2 Å². The molecular weight excluding hydrogens is 256 g/mol. The van der Waals surface area contributed by atoms with E-state index in [4.69, 9.17) is 0 Å². The zero-order valence-corrected chi connectivity index (χ0v) is 11.8. The van der Waals surface area contributed by atoms with Gasteiger partial charge in [-0.3, -0.25) is 10.1 Å². The van der Waals surface area contributed by atoms with Gasteiger partial charge >= 0.3 is 0 Å². The molecule has 1 aliphatic rings. The molecule has 20 heavy (non-hydrogen) atoms. The second kappa shape index (κ2) is 6.70. The number of nitrogens with one attached hydrogen (secondary N) is 1. The van der Waals surface area contributed by atoms with Crippen LogP contribution in [0, 0.1) is 28.9 Å². The van der Waals surface area contributed by atoms with Gasteiger partial charge in [-0.1, -0.05) is 18.9 Å². The van der Waals surface area contributed by atoms with Gasteiger partial charge in [0, 0.05) is 19.2 Å². The third-order valence-corrected chi connectivity index (χ3v) is 4.21. The van der Waals surface area contributed by atoms with E-state index in [1.165, 1.54) is 12.8 Å². The molecule has 1 aromatic carbocycles. The molecule has 0 heterocycles. The monoisotopic (exact) mass is 278 g/mol. The molecule has 1 aromatic rings. The Morgan fingerprint density at radius 1 is 1.35 bits per heavy atom. The highest BCUT2D eigenvalue weighted by Gasteiger charge is 2.25. The molecule has 0 amide bonds. The summed E-state index contributed by atoms with van der Waals surface area (Å²) in [5.41, 5.74) is 1.58. The van der Waals surface area contributed by atoms with Crippen molar-refractivity contribution in [3.05, 3.63) is 33.9 Å². The zero-order valence-electron chi connectivity index (χ0n) is 11.8. The van der Waals surface area contributed by atoms with E-state index in [2.05, 4.69) is 5.32 Å². The average molecular weight is 278 g/mol. The predicted octanol–water partition coefficient (Wildman–Crippen LogP) is 3.11. The van der Waals surface area contributed by atoms with Crippen LogP contribution in [0.5, 0.6) is 0 Å². The normalized spacial score (nSPS) is 22.5. The highest BCUT2D eigenvalue weighted by Crippen LogP contribution is 2.31. The number of anilines is 1. The van der Waals surface area contributed by atoms with Gasteiger partial charge in [0.25, 0.3) is 5.69 Å². The Balaban J connectivity index is 2.04. The summed E-state index contributed by atoms with van der Waals surface area (Å²) >= 11 is 0. The maximum atomic E-state index is 11.1. The third kappa shape index (κ3) is 3.48. The molecule has 0 bridgehead atoms. The van der Waals surface area contributed by atoms with E-state index in [1.807, 2.05) is 13.0 Å².